The van der Waals surface area contributed by atoms with Crippen molar-refractivity contribution in [1.82, 2.24) is 0 Å². The van der Waals surface area contributed by atoms with E-state index in [2.05, 4.69) is 0 Å². The molecule has 4 nitrogen and oxygen atoms in total. The summed E-state index contributed by atoms with van der Waals surface area (Å²) in [6.07, 6.45) is 5.25. The predicted octanol–water partition coefficient (Wildman–Crippen LogP) is 2.12. The second kappa shape index (κ2) is 6.36. The molecule has 0 aromatic carbocycles. The van der Waals surface area contributed by atoms with Crippen molar-refractivity contribution in [2.75, 3.05) is 19.8 Å². The first-order valence-electron chi connectivity index (χ1n) is 6.71. The molecule has 1 heterocycles. The van der Waals surface area contributed by atoms with E-state index < -0.39 is 0 Å². The van der Waals surface area contributed by atoms with Crippen LogP contribution in [0.15, 0.2) is 0 Å². The number of esters is 1. The van der Waals surface area contributed by atoms with E-state index in [1.165, 1.54) is 6.42 Å². The van der Waals surface area contributed by atoms with Crippen molar-refractivity contribution in [2.24, 2.45) is 11.8 Å². The highest BCUT2D eigenvalue weighted by Crippen LogP contribution is 2.42. The first kappa shape index (κ1) is 12.8. The molecule has 0 spiro atoms. The fourth-order valence-electron chi connectivity index (χ4n) is 2.30. The summed E-state index contributed by atoms with van der Waals surface area (Å²) in [7, 11) is 0. The number of carbonyl (C=O) groups is 1. The molecular formula is C13H22O4. The molecule has 1 saturated carbocycles. The third kappa shape index (κ3) is 3.96. The fourth-order valence-corrected chi connectivity index (χ4v) is 2.30. The van der Waals surface area contributed by atoms with Crippen LogP contribution in [0.1, 0.15) is 39.0 Å². The van der Waals surface area contributed by atoms with Gasteiger partial charge < -0.3 is 14.2 Å². The first-order chi connectivity index (χ1) is 8.31. The van der Waals surface area contributed by atoms with Gasteiger partial charge in [-0.05, 0) is 44.9 Å². The van der Waals surface area contributed by atoms with Gasteiger partial charge in [0.15, 0.2) is 6.29 Å². The molecule has 2 fully saturated rings. The van der Waals surface area contributed by atoms with Gasteiger partial charge in [0.05, 0.1) is 19.1 Å². The zero-order valence-electron chi connectivity index (χ0n) is 10.5. The normalized spacial score (nSPS) is 32.2. The van der Waals surface area contributed by atoms with Gasteiger partial charge in [0, 0.05) is 6.61 Å². The van der Waals surface area contributed by atoms with E-state index >= 15 is 0 Å². The molecule has 1 aliphatic carbocycles. The summed E-state index contributed by atoms with van der Waals surface area (Å²) in [4.78, 5) is 11.4. The summed E-state index contributed by atoms with van der Waals surface area (Å²) in [5.74, 6) is 0.565. The van der Waals surface area contributed by atoms with Gasteiger partial charge in [0.1, 0.15) is 0 Å². The topological polar surface area (TPSA) is 44.8 Å². The lowest BCUT2D eigenvalue weighted by molar-refractivity contribution is -0.163. The molecule has 17 heavy (non-hydrogen) atoms. The molecule has 1 saturated heterocycles. The Labute approximate surface area is 103 Å². The van der Waals surface area contributed by atoms with Crippen LogP contribution in [-0.2, 0) is 19.0 Å². The van der Waals surface area contributed by atoms with Gasteiger partial charge in [-0.25, -0.2) is 0 Å². The predicted molar refractivity (Wildman–Crippen MR) is 62.4 cm³/mol. The Balaban J connectivity index is 1.53. The quantitative estimate of drug-likeness (QED) is 0.669. The van der Waals surface area contributed by atoms with Crippen LogP contribution in [0.5, 0.6) is 0 Å². The molecule has 0 radical (unpaired) electrons. The van der Waals surface area contributed by atoms with Crippen LogP contribution in [-0.4, -0.2) is 32.1 Å². The van der Waals surface area contributed by atoms with Crippen LogP contribution in [0.3, 0.4) is 0 Å². The largest absolute Gasteiger partial charge is 0.466 e. The Morgan fingerprint density at radius 2 is 2.29 bits per heavy atom. The van der Waals surface area contributed by atoms with E-state index in [0.29, 0.717) is 19.1 Å². The Hall–Kier alpha value is -0.610. The van der Waals surface area contributed by atoms with Crippen molar-refractivity contribution < 1.29 is 19.0 Å². The summed E-state index contributed by atoms with van der Waals surface area (Å²) in [5, 5.41) is 0. The molecule has 2 rings (SSSR count). The number of ether oxygens (including phenoxy) is 3. The molecule has 1 aliphatic heterocycles. The molecule has 98 valence electrons. The molecule has 4 heteroatoms. The van der Waals surface area contributed by atoms with Crippen LogP contribution in [0.25, 0.3) is 0 Å². The minimum atomic E-state index is -0.0357. The molecule has 3 unspecified atom stereocenters. The zero-order valence-corrected chi connectivity index (χ0v) is 10.5. The fraction of sp³-hybridized carbons (Fsp3) is 0.923. The van der Waals surface area contributed by atoms with E-state index in [1.54, 1.807) is 0 Å². The maximum atomic E-state index is 11.4. The van der Waals surface area contributed by atoms with Crippen LogP contribution in [0.4, 0.5) is 0 Å². The average Bonchev–Trinajstić information content (AvgIpc) is 3.10. The van der Waals surface area contributed by atoms with Gasteiger partial charge in [-0.1, -0.05) is 0 Å². The van der Waals surface area contributed by atoms with Gasteiger partial charge >= 0.3 is 5.97 Å². The van der Waals surface area contributed by atoms with Crippen molar-refractivity contribution in [2.45, 2.75) is 45.3 Å². The molecule has 0 amide bonds. The minimum Gasteiger partial charge on any atom is -0.466 e. The summed E-state index contributed by atoms with van der Waals surface area (Å²) >= 11 is 0. The highest BCUT2D eigenvalue weighted by Gasteiger charge is 2.43. The molecule has 0 bridgehead atoms. The van der Waals surface area contributed by atoms with Gasteiger partial charge in [-0.15, -0.1) is 0 Å². The van der Waals surface area contributed by atoms with Gasteiger partial charge in [0.25, 0.3) is 0 Å². The van der Waals surface area contributed by atoms with Crippen molar-refractivity contribution in [1.29, 1.82) is 0 Å². The van der Waals surface area contributed by atoms with Crippen LogP contribution >= 0.6 is 0 Å². The zero-order chi connectivity index (χ0) is 12.1. The SMILES string of the molecule is CCOC(=O)C1CC1CCOC1CCCCO1. The summed E-state index contributed by atoms with van der Waals surface area (Å²) in [6.45, 7) is 3.85. The second-order valence-electron chi connectivity index (χ2n) is 4.81. The van der Waals surface area contributed by atoms with Crippen LogP contribution < -0.4 is 0 Å². The summed E-state index contributed by atoms with van der Waals surface area (Å²) in [6, 6.07) is 0. The minimum absolute atomic E-state index is 0.0106. The molecule has 0 aromatic rings. The second-order valence-corrected chi connectivity index (χ2v) is 4.81. The van der Waals surface area contributed by atoms with E-state index in [9.17, 15) is 4.79 Å². The van der Waals surface area contributed by atoms with E-state index in [1.807, 2.05) is 6.92 Å². The molecular weight excluding hydrogens is 220 g/mol. The Morgan fingerprint density at radius 3 is 3.00 bits per heavy atom. The molecule has 3 atom stereocenters. The first-order valence-corrected chi connectivity index (χ1v) is 6.71. The Morgan fingerprint density at radius 1 is 1.41 bits per heavy atom. The number of rotatable bonds is 6. The number of hydrogen-bond donors (Lipinski definition) is 0. The van der Waals surface area contributed by atoms with Crippen LogP contribution in [0.2, 0.25) is 0 Å². The Kier molecular flexibility index (Phi) is 4.80. The van der Waals surface area contributed by atoms with Crippen molar-refractivity contribution in [3.63, 3.8) is 0 Å². The average molecular weight is 242 g/mol. The monoisotopic (exact) mass is 242 g/mol. The van der Waals surface area contributed by atoms with Gasteiger partial charge in [0.2, 0.25) is 0 Å². The lowest BCUT2D eigenvalue weighted by atomic mass is 10.2. The summed E-state index contributed by atoms with van der Waals surface area (Å²) < 4.78 is 16.1. The van der Waals surface area contributed by atoms with E-state index in [-0.39, 0.29) is 18.2 Å². The molecule has 0 N–H and O–H groups in total. The highest BCUT2D eigenvalue weighted by molar-refractivity contribution is 5.75. The third-order valence-electron chi connectivity index (χ3n) is 3.44. The maximum Gasteiger partial charge on any atom is 0.309 e. The Bertz CT molecular complexity index is 248. The maximum absolute atomic E-state index is 11.4. The molecule has 2 aliphatic rings. The smallest absolute Gasteiger partial charge is 0.309 e. The molecule has 0 aromatic heterocycles. The number of hydrogen-bond acceptors (Lipinski definition) is 4. The van der Waals surface area contributed by atoms with Gasteiger partial charge in [-0.2, -0.15) is 0 Å². The standard InChI is InChI=1S/C13H22O4/c1-2-15-13(14)11-9-10(11)6-8-17-12-5-3-4-7-16-12/h10-12H,2-9H2,1H3. The van der Waals surface area contributed by atoms with Crippen molar-refractivity contribution in [3.05, 3.63) is 0 Å². The number of carbonyl (C=O) groups excluding carboxylic acids is 1. The van der Waals surface area contributed by atoms with E-state index in [0.717, 1.165) is 32.3 Å². The van der Waals surface area contributed by atoms with E-state index in [4.69, 9.17) is 14.2 Å². The van der Waals surface area contributed by atoms with Crippen molar-refractivity contribution >= 4 is 5.97 Å². The highest BCUT2D eigenvalue weighted by atomic mass is 16.7. The lowest BCUT2D eigenvalue weighted by Crippen LogP contribution is -2.22. The summed E-state index contributed by atoms with van der Waals surface area (Å²) in [5.41, 5.74) is 0. The van der Waals surface area contributed by atoms with Gasteiger partial charge in [-0.3, -0.25) is 4.79 Å². The lowest BCUT2D eigenvalue weighted by Gasteiger charge is -2.22. The van der Waals surface area contributed by atoms with Crippen molar-refractivity contribution in [3.8, 4) is 0 Å². The van der Waals surface area contributed by atoms with Crippen LogP contribution in [0, 0.1) is 11.8 Å². The third-order valence-corrected chi connectivity index (χ3v) is 3.44.